The number of anilines is 1. The summed E-state index contributed by atoms with van der Waals surface area (Å²) < 4.78 is 23.7. The van der Waals surface area contributed by atoms with E-state index in [-0.39, 0.29) is 16.7 Å². The van der Waals surface area contributed by atoms with E-state index in [4.69, 9.17) is 0 Å². The van der Waals surface area contributed by atoms with Gasteiger partial charge < -0.3 is 10.2 Å². The van der Waals surface area contributed by atoms with E-state index in [2.05, 4.69) is 5.32 Å². The van der Waals surface area contributed by atoms with Crippen molar-refractivity contribution in [3.8, 4) is 0 Å². The van der Waals surface area contributed by atoms with Crippen molar-refractivity contribution in [2.24, 2.45) is 0 Å². The second-order valence-electron chi connectivity index (χ2n) is 7.33. The smallest absolute Gasteiger partial charge is 0.255 e. The number of nitrogens with zero attached hydrogens (tertiary/aromatic N) is 1. The van der Waals surface area contributed by atoms with E-state index >= 15 is 0 Å². The second kappa shape index (κ2) is 8.20. The van der Waals surface area contributed by atoms with Crippen LogP contribution in [0.1, 0.15) is 27.0 Å². The van der Waals surface area contributed by atoms with Crippen LogP contribution in [0.3, 0.4) is 0 Å². The van der Waals surface area contributed by atoms with Crippen molar-refractivity contribution in [3.63, 3.8) is 0 Å². The van der Waals surface area contributed by atoms with Crippen molar-refractivity contribution in [2.45, 2.75) is 31.7 Å². The summed E-state index contributed by atoms with van der Waals surface area (Å²) in [6, 6.07) is 9.58. The molecule has 0 aromatic heterocycles. The van der Waals surface area contributed by atoms with Crippen LogP contribution >= 0.6 is 11.8 Å². The van der Waals surface area contributed by atoms with Crippen LogP contribution in [0.15, 0.2) is 41.3 Å². The van der Waals surface area contributed by atoms with E-state index in [1.165, 1.54) is 28.8 Å². The highest BCUT2D eigenvalue weighted by Gasteiger charge is 2.36. The molecule has 2 aromatic rings. The lowest BCUT2D eigenvalue weighted by atomic mass is 10.1. The molecular formula is C21H24N2O4S2. The lowest BCUT2D eigenvalue weighted by molar-refractivity contribution is -0.119. The van der Waals surface area contributed by atoms with E-state index in [1.54, 1.807) is 13.0 Å². The van der Waals surface area contributed by atoms with Crippen LogP contribution in [-0.4, -0.2) is 49.1 Å². The van der Waals surface area contributed by atoms with Crippen LogP contribution in [0, 0.1) is 20.8 Å². The minimum atomic E-state index is -3.43. The first kappa shape index (κ1) is 21.4. The molecule has 29 heavy (non-hydrogen) atoms. The van der Waals surface area contributed by atoms with Gasteiger partial charge in [0, 0.05) is 23.3 Å². The largest absolute Gasteiger partial charge is 0.324 e. The molecule has 0 saturated carbocycles. The number of carbonyl (C=O) groups excluding carboxylic acids is 2. The Morgan fingerprint density at radius 1 is 1.03 bits per heavy atom. The van der Waals surface area contributed by atoms with Gasteiger partial charge in [-0.1, -0.05) is 12.1 Å². The lowest BCUT2D eigenvalue weighted by Gasteiger charge is -2.24. The van der Waals surface area contributed by atoms with Gasteiger partial charge in [0.25, 0.3) is 5.91 Å². The summed E-state index contributed by atoms with van der Waals surface area (Å²) in [5.74, 6) is 0.293. The summed E-state index contributed by atoms with van der Waals surface area (Å²) in [4.78, 5) is 27.6. The molecule has 1 fully saturated rings. The number of aryl methyl sites for hydroxylation is 3. The molecule has 0 radical (unpaired) electrons. The Kier molecular flexibility index (Phi) is 6.05. The summed E-state index contributed by atoms with van der Waals surface area (Å²) in [5.41, 5.74) is 3.88. The summed E-state index contributed by atoms with van der Waals surface area (Å²) >= 11 is 1.50. The number of sulfone groups is 1. The van der Waals surface area contributed by atoms with Gasteiger partial charge in [-0.25, -0.2) is 8.42 Å². The maximum atomic E-state index is 13.2. The molecule has 6 nitrogen and oxygen atoms in total. The van der Waals surface area contributed by atoms with Gasteiger partial charge in [-0.2, -0.15) is 0 Å². The number of amides is 2. The average molecular weight is 433 g/mol. The number of hydrogen-bond acceptors (Lipinski definition) is 5. The van der Waals surface area contributed by atoms with Crippen LogP contribution in [0.4, 0.5) is 5.69 Å². The average Bonchev–Trinajstić information content (AvgIpc) is 3.13. The van der Waals surface area contributed by atoms with Gasteiger partial charge >= 0.3 is 0 Å². The van der Waals surface area contributed by atoms with Crippen LogP contribution in [-0.2, 0) is 14.6 Å². The zero-order chi connectivity index (χ0) is 21.3. The Balaban J connectivity index is 1.84. The van der Waals surface area contributed by atoms with Gasteiger partial charge in [-0.05, 0) is 61.7 Å². The van der Waals surface area contributed by atoms with E-state index in [9.17, 15) is 18.0 Å². The fraction of sp³-hybridized carbons (Fsp3) is 0.333. The first-order valence-electron chi connectivity index (χ1n) is 9.15. The van der Waals surface area contributed by atoms with Crippen molar-refractivity contribution in [3.05, 3.63) is 58.7 Å². The summed E-state index contributed by atoms with van der Waals surface area (Å²) in [7, 11) is -3.43. The summed E-state index contributed by atoms with van der Waals surface area (Å²) in [6.07, 6.45) is 1.11. The molecule has 0 spiro atoms. The third-order valence-electron chi connectivity index (χ3n) is 5.09. The van der Waals surface area contributed by atoms with Crippen molar-refractivity contribution < 1.29 is 18.0 Å². The van der Waals surface area contributed by atoms with Crippen LogP contribution in [0.25, 0.3) is 0 Å². The summed E-state index contributed by atoms with van der Waals surface area (Å²) in [5, 5.41) is 2.90. The maximum Gasteiger partial charge on any atom is 0.255 e. The third kappa shape index (κ3) is 4.64. The van der Waals surface area contributed by atoms with Crippen molar-refractivity contribution in [2.75, 3.05) is 23.2 Å². The molecule has 8 heteroatoms. The fourth-order valence-corrected chi connectivity index (χ4v) is 4.92. The maximum absolute atomic E-state index is 13.2. The summed E-state index contributed by atoms with van der Waals surface area (Å²) in [6.45, 7) is 5.73. The second-order valence-corrected chi connectivity index (χ2v) is 10.3. The number of rotatable bonds is 4. The topological polar surface area (TPSA) is 83.6 Å². The van der Waals surface area contributed by atoms with Crippen LogP contribution in [0.2, 0.25) is 0 Å². The first-order chi connectivity index (χ1) is 13.6. The predicted molar refractivity (Wildman–Crippen MR) is 116 cm³/mol. The van der Waals surface area contributed by atoms with Gasteiger partial charge in [-0.3, -0.25) is 9.59 Å². The molecule has 0 aliphatic carbocycles. The molecule has 1 unspecified atom stereocenters. The Morgan fingerprint density at radius 2 is 1.72 bits per heavy atom. The van der Waals surface area contributed by atoms with Gasteiger partial charge in [0.2, 0.25) is 5.91 Å². The standard InChI is InChI=1S/C21H24N2O4S2/c1-13-5-7-16(9-15(13)3)22-20(24)19-11-28-12-23(19)21(25)18-10-17(29(4,26)27)8-6-14(18)2/h5-10,19H,11-12H2,1-4H3,(H,22,24). The highest BCUT2D eigenvalue weighted by Crippen LogP contribution is 2.27. The SMILES string of the molecule is Cc1ccc(NC(=O)C2CSCN2C(=O)c2cc(S(C)(=O)=O)ccc2C)cc1C. The zero-order valence-electron chi connectivity index (χ0n) is 16.9. The highest BCUT2D eigenvalue weighted by molar-refractivity contribution is 7.99. The van der Waals surface area contributed by atoms with Crippen LogP contribution in [0.5, 0.6) is 0 Å². The molecule has 154 valence electrons. The van der Waals surface area contributed by atoms with E-state index < -0.39 is 15.9 Å². The van der Waals surface area contributed by atoms with Crippen molar-refractivity contribution >= 4 is 39.1 Å². The highest BCUT2D eigenvalue weighted by atomic mass is 32.2. The molecule has 1 atom stereocenters. The number of carbonyl (C=O) groups is 2. The van der Waals surface area contributed by atoms with Crippen LogP contribution < -0.4 is 5.32 Å². The number of nitrogens with one attached hydrogen (secondary N) is 1. The predicted octanol–water partition coefficient (Wildman–Crippen LogP) is 3.17. The molecule has 1 heterocycles. The Hall–Kier alpha value is -2.32. The molecule has 1 aliphatic heterocycles. The number of benzene rings is 2. The van der Waals surface area contributed by atoms with Crippen molar-refractivity contribution in [1.29, 1.82) is 0 Å². The molecule has 1 saturated heterocycles. The third-order valence-corrected chi connectivity index (χ3v) is 7.21. The Morgan fingerprint density at radius 3 is 2.38 bits per heavy atom. The first-order valence-corrected chi connectivity index (χ1v) is 12.2. The van der Waals surface area contributed by atoms with Gasteiger partial charge in [0.15, 0.2) is 9.84 Å². The number of hydrogen-bond donors (Lipinski definition) is 1. The van der Waals surface area contributed by atoms with Gasteiger partial charge in [0.1, 0.15) is 6.04 Å². The van der Waals surface area contributed by atoms with Gasteiger partial charge in [-0.15, -0.1) is 11.8 Å². The molecule has 2 amide bonds. The zero-order valence-corrected chi connectivity index (χ0v) is 18.5. The lowest BCUT2D eigenvalue weighted by Crippen LogP contribution is -2.44. The van der Waals surface area contributed by atoms with E-state index in [1.807, 2.05) is 32.0 Å². The molecule has 0 bridgehead atoms. The normalized spacial score (nSPS) is 16.7. The van der Waals surface area contributed by atoms with E-state index in [0.717, 1.165) is 17.4 Å². The quantitative estimate of drug-likeness (QED) is 0.802. The molecular weight excluding hydrogens is 408 g/mol. The Labute approximate surface area is 175 Å². The fourth-order valence-electron chi connectivity index (χ4n) is 3.12. The van der Waals surface area contributed by atoms with E-state index in [0.29, 0.717) is 28.4 Å². The van der Waals surface area contributed by atoms with Gasteiger partial charge in [0.05, 0.1) is 10.8 Å². The van der Waals surface area contributed by atoms with Crippen molar-refractivity contribution in [1.82, 2.24) is 4.90 Å². The minimum Gasteiger partial charge on any atom is -0.324 e. The minimum absolute atomic E-state index is 0.0921. The monoisotopic (exact) mass is 432 g/mol. The molecule has 2 aromatic carbocycles. The molecule has 1 N–H and O–H groups in total. The Bertz CT molecular complexity index is 1080. The molecule has 3 rings (SSSR count). The molecule has 1 aliphatic rings. The number of thioether (sulfide) groups is 1.